The number of hydrogen-bond acceptors (Lipinski definition) is 4. The van der Waals surface area contributed by atoms with Crippen LogP contribution in [-0.2, 0) is 9.84 Å². The van der Waals surface area contributed by atoms with Crippen LogP contribution in [-0.4, -0.2) is 14.2 Å². The molecule has 0 unspecified atom stereocenters. The lowest BCUT2D eigenvalue weighted by Crippen LogP contribution is -2.07. The minimum absolute atomic E-state index is 0.162. The number of rotatable bonds is 0. The summed E-state index contributed by atoms with van der Waals surface area (Å²) in [7, 11) is -3.31. The molecule has 62 valence electrons. The molecule has 0 aliphatic carbocycles. The van der Waals surface area contributed by atoms with Gasteiger partial charge in [0.1, 0.15) is 4.21 Å². The fraction of sp³-hybridized carbons (Fsp3) is 0. The second-order valence-electron chi connectivity index (χ2n) is 2.33. The molecule has 1 aromatic heterocycles. The average molecular weight is 200 g/mol. The Hall–Kier alpha value is -0.940. The quantitative estimate of drug-likeness (QED) is 0.633. The van der Waals surface area contributed by atoms with Crippen LogP contribution in [0.3, 0.4) is 0 Å². The van der Waals surface area contributed by atoms with Gasteiger partial charge in [0.15, 0.2) is 5.78 Å². The van der Waals surface area contributed by atoms with E-state index in [1.807, 2.05) is 0 Å². The van der Waals surface area contributed by atoms with Crippen LogP contribution < -0.4 is 0 Å². The number of thiophene rings is 1. The molecule has 1 aliphatic heterocycles. The first-order chi connectivity index (χ1) is 5.61. The summed E-state index contributed by atoms with van der Waals surface area (Å²) in [4.78, 5) is 11.1. The Morgan fingerprint density at radius 2 is 2.08 bits per heavy atom. The number of hydrogen-bond donors (Lipinski definition) is 0. The molecule has 0 radical (unpaired) electrons. The highest BCUT2D eigenvalue weighted by Gasteiger charge is 2.25. The van der Waals surface area contributed by atoms with Gasteiger partial charge >= 0.3 is 0 Å². The largest absolute Gasteiger partial charge is 0.289 e. The molecule has 0 amide bonds. The van der Waals surface area contributed by atoms with Gasteiger partial charge in [-0.25, -0.2) is 8.42 Å². The van der Waals surface area contributed by atoms with E-state index in [1.165, 1.54) is 6.07 Å². The lowest BCUT2D eigenvalue weighted by atomic mass is 10.2. The van der Waals surface area contributed by atoms with Crippen LogP contribution in [0.15, 0.2) is 27.1 Å². The van der Waals surface area contributed by atoms with Crippen molar-refractivity contribution in [2.45, 2.75) is 4.21 Å². The lowest BCUT2D eigenvalue weighted by Gasteiger charge is -2.02. The fourth-order valence-corrected chi connectivity index (χ4v) is 3.40. The van der Waals surface area contributed by atoms with Gasteiger partial charge in [-0.3, -0.25) is 4.79 Å². The summed E-state index contributed by atoms with van der Waals surface area (Å²) in [6, 6.07) is 1.53. The van der Waals surface area contributed by atoms with Crippen molar-refractivity contribution in [3.8, 4) is 0 Å². The highest BCUT2D eigenvalue weighted by Crippen LogP contribution is 2.28. The van der Waals surface area contributed by atoms with Gasteiger partial charge in [0.25, 0.3) is 0 Å². The fourth-order valence-electron chi connectivity index (χ4n) is 1.00. The Labute approximate surface area is 73.3 Å². The maximum atomic E-state index is 11.3. The minimum atomic E-state index is -3.31. The second-order valence-corrected chi connectivity index (χ2v) is 5.28. The van der Waals surface area contributed by atoms with Crippen molar-refractivity contribution in [2.24, 2.45) is 0 Å². The van der Waals surface area contributed by atoms with Gasteiger partial charge < -0.3 is 0 Å². The first kappa shape index (κ1) is 7.70. The molecule has 0 saturated carbocycles. The zero-order valence-electron chi connectivity index (χ0n) is 5.85. The van der Waals surface area contributed by atoms with Crippen LogP contribution >= 0.6 is 11.3 Å². The molecule has 5 heteroatoms. The highest BCUT2D eigenvalue weighted by atomic mass is 32.2. The van der Waals surface area contributed by atoms with E-state index in [1.54, 1.807) is 5.38 Å². The van der Waals surface area contributed by atoms with Crippen molar-refractivity contribution in [2.75, 3.05) is 0 Å². The van der Waals surface area contributed by atoms with Crippen molar-refractivity contribution in [3.05, 3.63) is 28.5 Å². The molecule has 1 aliphatic rings. The van der Waals surface area contributed by atoms with Crippen molar-refractivity contribution >= 4 is 27.0 Å². The Bertz CT molecular complexity index is 465. The van der Waals surface area contributed by atoms with Gasteiger partial charge in [0.2, 0.25) is 9.84 Å². The predicted octanol–water partition coefficient (Wildman–Crippen LogP) is 1.23. The normalized spacial score (nSPS) is 19.2. The molecule has 3 nitrogen and oxygen atoms in total. The van der Waals surface area contributed by atoms with Crippen molar-refractivity contribution in [1.29, 1.82) is 0 Å². The van der Waals surface area contributed by atoms with Crippen LogP contribution in [0.1, 0.15) is 10.4 Å². The summed E-state index contributed by atoms with van der Waals surface area (Å²) in [5.41, 5.74) is 0.294. The Kier molecular flexibility index (Phi) is 1.46. The zero-order valence-corrected chi connectivity index (χ0v) is 7.48. The number of sulfone groups is 1. The molecular formula is C7H4O3S2. The van der Waals surface area contributed by atoms with Crippen LogP contribution in [0.4, 0.5) is 0 Å². The molecular weight excluding hydrogens is 196 g/mol. The molecule has 0 spiro atoms. The molecule has 0 bridgehead atoms. The molecule has 2 rings (SSSR count). The van der Waals surface area contributed by atoms with Crippen molar-refractivity contribution < 1.29 is 13.2 Å². The van der Waals surface area contributed by atoms with Gasteiger partial charge in [-0.1, -0.05) is 0 Å². The van der Waals surface area contributed by atoms with E-state index in [2.05, 4.69) is 0 Å². The maximum absolute atomic E-state index is 11.3. The van der Waals surface area contributed by atoms with Crippen molar-refractivity contribution in [1.82, 2.24) is 0 Å². The van der Waals surface area contributed by atoms with Crippen LogP contribution in [0.2, 0.25) is 0 Å². The molecule has 2 heterocycles. The van der Waals surface area contributed by atoms with E-state index < -0.39 is 9.84 Å². The minimum Gasteiger partial charge on any atom is -0.289 e. The first-order valence-corrected chi connectivity index (χ1v) is 5.59. The van der Waals surface area contributed by atoms with Gasteiger partial charge in [-0.05, 0) is 17.5 Å². The summed E-state index contributed by atoms with van der Waals surface area (Å²) in [6.45, 7) is 0. The Morgan fingerprint density at radius 1 is 1.33 bits per heavy atom. The number of allylic oxidation sites excluding steroid dienone is 1. The maximum Gasteiger partial charge on any atom is 0.210 e. The summed E-state index contributed by atoms with van der Waals surface area (Å²) in [6.07, 6.45) is 1.09. The summed E-state index contributed by atoms with van der Waals surface area (Å²) in [5, 5.41) is 2.56. The smallest absolute Gasteiger partial charge is 0.210 e. The van der Waals surface area contributed by atoms with Crippen LogP contribution in [0, 0.1) is 0 Å². The van der Waals surface area contributed by atoms with E-state index in [0.29, 0.717) is 5.56 Å². The molecule has 12 heavy (non-hydrogen) atoms. The highest BCUT2D eigenvalue weighted by molar-refractivity contribution is 7.96. The van der Waals surface area contributed by atoms with Crippen LogP contribution in [0.5, 0.6) is 0 Å². The standard InChI is InChI=1S/C7H4O3S2/c8-6-2-4-12(9,10)7-5(6)1-3-11-7/h1-4H. The number of ketones is 1. The van der Waals surface area contributed by atoms with Crippen LogP contribution in [0.25, 0.3) is 0 Å². The molecule has 0 fully saturated rings. The summed E-state index contributed by atoms with van der Waals surface area (Å²) < 4.78 is 22.7. The van der Waals surface area contributed by atoms with Gasteiger partial charge in [0, 0.05) is 5.41 Å². The van der Waals surface area contributed by atoms with E-state index >= 15 is 0 Å². The monoisotopic (exact) mass is 200 g/mol. The van der Waals surface area contributed by atoms with Crippen molar-refractivity contribution in [3.63, 3.8) is 0 Å². The van der Waals surface area contributed by atoms with E-state index in [9.17, 15) is 13.2 Å². The number of fused-ring (bicyclic) bond motifs is 1. The molecule has 1 aromatic rings. The van der Waals surface area contributed by atoms with E-state index in [-0.39, 0.29) is 9.99 Å². The SMILES string of the molecule is O=C1C=CS(=O)(=O)c2sccc21. The number of carbonyl (C=O) groups excluding carboxylic acids is 1. The Morgan fingerprint density at radius 3 is 2.75 bits per heavy atom. The zero-order chi connectivity index (χ0) is 8.77. The summed E-state index contributed by atoms with van der Waals surface area (Å²) >= 11 is 1.08. The third kappa shape index (κ3) is 0.937. The second kappa shape index (κ2) is 2.27. The topological polar surface area (TPSA) is 51.2 Å². The molecule has 0 atom stereocenters. The third-order valence-corrected chi connectivity index (χ3v) is 4.48. The molecule has 0 N–H and O–H groups in total. The van der Waals surface area contributed by atoms with E-state index in [4.69, 9.17) is 0 Å². The van der Waals surface area contributed by atoms with E-state index in [0.717, 1.165) is 22.8 Å². The average Bonchev–Trinajstić information content (AvgIpc) is 2.46. The Balaban J connectivity index is 2.82. The van der Waals surface area contributed by atoms with Gasteiger partial charge in [-0.2, -0.15) is 0 Å². The molecule has 0 saturated heterocycles. The molecule has 0 aromatic carbocycles. The first-order valence-electron chi connectivity index (χ1n) is 3.16. The third-order valence-electron chi connectivity index (χ3n) is 1.55. The lowest BCUT2D eigenvalue weighted by molar-refractivity contribution is 0.104. The number of carbonyl (C=O) groups is 1. The predicted molar refractivity (Wildman–Crippen MR) is 45.0 cm³/mol. The van der Waals surface area contributed by atoms with Gasteiger partial charge in [0.05, 0.1) is 5.56 Å². The van der Waals surface area contributed by atoms with Gasteiger partial charge in [-0.15, -0.1) is 11.3 Å². The summed E-state index contributed by atoms with van der Waals surface area (Å²) in [5.74, 6) is -0.235.